The van der Waals surface area contributed by atoms with Gasteiger partial charge in [0, 0.05) is 19.2 Å². The van der Waals surface area contributed by atoms with Crippen molar-refractivity contribution in [3.8, 4) is 5.75 Å². The lowest BCUT2D eigenvalue weighted by molar-refractivity contribution is 0.273. The number of hydrogen-bond donors (Lipinski definition) is 2. The minimum Gasteiger partial charge on any atom is -0.497 e. The maximum absolute atomic E-state index is 12.4. The molecule has 5 nitrogen and oxygen atoms in total. The molecular formula is C18H23NO4S. The highest BCUT2D eigenvalue weighted by molar-refractivity contribution is 7.89. The van der Waals surface area contributed by atoms with Crippen LogP contribution in [0.5, 0.6) is 5.75 Å². The Morgan fingerprint density at radius 3 is 2.50 bits per heavy atom. The molecule has 0 radical (unpaired) electrons. The molecule has 6 heteroatoms. The Hall–Kier alpha value is -1.89. The zero-order valence-electron chi connectivity index (χ0n) is 13.7. The molecule has 2 aromatic carbocycles. The third kappa shape index (κ3) is 5.06. The summed E-state index contributed by atoms with van der Waals surface area (Å²) in [4.78, 5) is 0.181. The first-order valence-corrected chi connectivity index (χ1v) is 9.34. The number of aliphatic hydroxyl groups is 1. The van der Waals surface area contributed by atoms with Crippen LogP contribution in [0.3, 0.4) is 0 Å². The summed E-state index contributed by atoms with van der Waals surface area (Å²) < 4.78 is 32.4. The maximum atomic E-state index is 12.4. The monoisotopic (exact) mass is 349 g/mol. The summed E-state index contributed by atoms with van der Waals surface area (Å²) in [6.45, 7) is 0.376. The summed E-state index contributed by atoms with van der Waals surface area (Å²) in [5.74, 6) is 0.615. The fourth-order valence-electron chi connectivity index (χ4n) is 2.58. The van der Waals surface area contributed by atoms with Crippen LogP contribution in [0.25, 0.3) is 0 Å². The molecule has 2 aromatic rings. The average Bonchev–Trinajstić information content (AvgIpc) is 2.61. The van der Waals surface area contributed by atoms with Gasteiger partial charge in [0.25, 0.3) is 0 Å². The fraction of sp³-hybridized carbons (Fsp3) is 0.333. The Labute approximate surface area is 143 Å². The molecule has 0 aromatic heterocycles. The molecule has 1 unspecified atom stereocenters. The van der Waals surface area contributed by atoms with Gasteiger partial charge >= 0.3 is 0 Å². The first-order chi connectivity index (χ1) is 11.6. The summed E-state index contributed by atoms with van der Waals surface area (Å²) in [7, 11) is -2.08. The molecule has 0 bridgehead atoms. The lowest BCUT2D eigenvalue weighted by atomic mass is 9.93. The van der Waals surface area contributed by atoms with Gasteiger partial charge in [-0.2, -0.15) is 0 Å². The number of benzene rings is 2. The SMILES string of the molecule is COc1cccc(S(=O)(=O)NCCC(CCO)c2ccccc2)c1. The molecule has 0 amide bonds. The van der Waals surface area contributed by atoms with E-state index in [0.29, 0.717) is 25.1 Å². The average molecular weight is 349 g/mol. The van der Waals surface area contributed by atoms with E-state index in [1.807, 2.05) is 30.3 Å². The molecule has 1 atom stereocenters. The molecule has 2 rings (SSSR count). The number of ether oxygens (including phenoxy) is 1. The summed E-state index contributed by atoms with van der Waals surface area (Å²) in [6, 6.07) is 16.2. The van der Waals surface area contributed by atoms with Crippen molar-refractivity contribution in [1.82, 2.24) is 4.72 Å². The van der Waals surface area contributed by atoms with Crippen molar-refractivity contribution in [3.63, 3.8) is 0 Å². The third-order valence-corrected chi connectivity index (χ3v) is 5.34. The van der Waals surface area contributed by atoms with Gasteiger partial charge in [-0.05, 0) is 36.5 Å². The molecule has 0 saturated carbocycles. The van der Waals surface area contributed by atoms with Gasteiger partial charge in [0.05, 0.1) is 12.0 Å². The summed E-state index contributed by atoms with van der Waals surface area (Å²) >= 11 is 0. The van der Waals surface area contributed by atoms with E-state index in [2.05, 4.69) is 4.72 Å². The van der Waals surface area contributed by atoms with Gasteiger partial charge in [-0.1, -0.05) is 36.4 Å². The zero-order chi connectivity index (χ0) is 17.4. The topological polar surface area (TPSA) is 75.6 Å². The van der Waals surface area contributed by atoms with Crippen molar-refractivity contribution >= 4 is 10.0 Å². The van der Waals surface area contributed by atoms with E-state index in [0.717, 1.165) is 5.56 Å². The number of hydrogen-bond acceptors (Lipinski definition) is 4. The van der Waals surface area contributed by atoms with Crippen molar-refractivity contribution in [2.45, 2.75) is 23.7 Å². The molecular weight excluding hydrogens is 326 g/mol. The van der Waals surface area contributed by atoms with Crippen molar-refractivity contribution in [1.29, 1.82) is 0 Å². The van der Waals surface area contributed by atoms with E-state index < -0.39 is 10.0 Å². The Morgan fingerprint density at radius 2 is 1.83 bits per heavy atom. The lowest BCUT2D eigenvalue weighted by Crippen LogP contribution is -2.26. The number of sulfonamides is 1. The van der Waals surface area contributed by atoms with Crippen LogP contribution < -0.4 is 9.46 Å². The molecule has 0 heterocycles. The second-order valence-corrected chi connectivity index (χ2v) is 7.25. The highest BCUT2D eigenvalue weighted by Crippen LogP contribution is 2.23. The molecule has 0 aliphatic heterocycles. The molecule has 0 fully saturated rings. The first kappa shape index (κ1) is 18.4. The van der Waals surface area contributed by atoms with Gasteiger partial charge in [-0.3, -0.25) is 0 Å². The van der Waals surface area contributed by atoms with Crippen molar-refractivity contribution in [3.05, 3.63) is 60.2 Å². The normalized spacial score (nSPS) is 12.8. The summed E-state index contributed by atoms with van der Waals surface area (Å²) in [6.07, 6.45) is 1.22. The number of methoxy groups -OCH3 is 1. The third-order valence-electron chi connectivity index (χ3n) is 3.88. The predicted octanol–water partition coefficient (Wildman–Crippen LogP) is 2.53. The van der Waals surface area contributed by atoms with Crippen LogP contribution in [-0.4, -0.2) is 33.8 Å². The fourth-order valence-corrected chi connectivity index (χ4v) is 3.66. The van der Waals surface area contributed by atoms with E-state index in [4.69, 9.17) is 4.74 Å². The van der Waals surface area contributed by atoms with Crippen LogP contribution in [0.15, 0.2) is 59.5 Å². The van der Waals surface area contributed by atoms with Gasteiger partial charge in [-0.15, -0.1) is 0 Å². The molecule has 0 spiro atoms. The van der Waals surface area contributed by atoms with E-state index in [1.165, 1.54) is 19.2 Å². The molecule has 0 saturated heterocycles. The Balaban J connectivity index is 2.00. The standard InChI is InChI=1S/C18H23NO4S/c1-23-17-8-5-9-18(14-17)24(21,22)19-12-10-16(11-13-20)15-6-3-2-4-7-15/h2-9,14,16,19-20H,10-13H2,1H3. The van der Waals surface area contributed by atoms with Crippen LogP contribution in [-0.2, 0) is 10.0 Å². The number of rotatable bonds is 9. The Bertz CT molecular complexity index is 732. The predicted molar refractivity (Wildman–Crippen MR) is 93.7 cm³/mol. The van der Waals surface area contributed by atoms with Crippen LogP contribution in [0.1, 0.15) is 24.3 Å². The van der Waals surface area contributed by atoms with Crippen molar-refractivity contribution in [2.75, 3.05) is 20.3 Å². The number of nitrogens with one attached hydrogen (secondary N) is 1. The second-order valence-electron chi connectivity index (χ2n) is 5.49. The van der Waals surface area contributed by atoms with Crippen LogP contribution >= 0.6 is 0 Å². The Morgan fingerprint density at radius 1 is 1.08 bits per heavy atom. The lowest BCUT2D eigenvalue weighted by Gasteiger charge is -2.17. The Kier molecular flexibility index (Phi) is 6.78. The van der Waals surface area contributed by atoms with Crippen LogP contribution in [0.4, 0.5) is 0 Å². The smallest absolute Gasteiger partial charge is 0.240 e. The molecule has 0 aliphatic carbocycles. The minimum atomic E-state index is -3.58. The summed E-state index contributed by atoms with van der Waals surface area (Å²) in [5.41, 5.74) is 1.10. The minimum absolute atomic E-state index is 0.0716. The quantitative estimate of drug-likeness (QED) is 0.729. The van der Waals surface area contributed by atoms with Gasteiger partial charge < -0.3 is 9.84 Å². The number of aliphatic hydroxyl groups excluding tert-OH is 1. The van der Waals surface area contributed by atoms with E-state index in [-0.39, 0.29) is 17.4 Å². The molecule has 130 valence electrons. The van der Waals surface area contributed by atoms with Gasteiger partial charge in [0.2, 0.25) is 10.0 Å². The van der Waals surface area contributed by atoms with Gasteiger partial charge in [-0.25, -0.2) is 13.1 Å². The van der Waals surface area contributed by atoms with Crippen molar-refractivity contribution < 1.29 is 18.3 Å². The highest BCUT2D eigenvalue weighted by atomic mass is 32.2. The largest absolute Gasteiger partial charge is 0.497 e. The van der Waals surface area contributed by atoms with Crippen LogP contribution in [0, 0.1) is 0 Å². The van der Waals surface area contributed by atoms with E-state index in [9.17, 15) is 13.5 Å². The van der Waals surface area contributed by atoms with E-state index >= 15 is 0 Å². The van der Waals surface area contributed by atoms with Crippen LogP contribution in [0.2, 0.25) is 0 Å². The van der Waals surface area contributed by atoms with Gasteiger partial charge in [0.15, 0.2) is 0 Å². The summed E-state index contributed by atoms with van der Waals surface area (Å²) in [5, 5.41) is 9.24. The molecule has 0 aliphatic rings. The van der Waals surface area contributed by atoms with Gasteiger partial charge in [0.1, 0.15) is 5.75 Å². The highest BCUT2D eigenvalue weighted by Gasteiger charge is 2.16. The van der Waals surface area contributed by atoms with Crippen molar-refractivity contribution in [2.24, 2.45) is 0 Å². The molecule has 2 N–H and O–H groups in total. The zero-order valence-corrected chi connectivity index (χ0v) is 14.5. The maximum Gasteiger partial charge on any atom is 0.240 e. The van der Waals surface area contributed by atoms with E-state index in [1.54, 1.807) is 12.1 Å². The molecule has 24 heavy (non-hydrogen) atoms. The first-order valence-electron chi connectivity index (χ1n) is 7.86. The second kappa shape index (κ2) is 8.82.